The Kier molecular flexibility index (Phi) is 5.37. The number of nitrogens with zero attached hydrogens (tertiary/aromatic N) is 1. The third-order valence-corrected chi connectivity index (χ3v) is 5.12. The van der Waals surface area contributed by atoms with Crippen LogP contribution < -0.4 is 5.32 Å². The quantitative estimate of drug-likeness (QED) is 0.911. The summed E-state index contributed by atoms with van der Waals surface area (Å²) in [4.78, 5) is 2.68. The number of rotatable bonds is 4. The summed E-state index contributed by atoms with van der Waals surface area (Å²) in [6.45, 7) is 10.2. The van der Waals surface area contributed by atoms with Gasteiger partial charge in [-0.3, -0.25) is 4.90 Å². The molecule has 0 amide bonds. The molecule has 2 nitrogen and oxygen atoms in total. The largest absolute Gasteiger partial charge is 0.311 e. The van der Waals surface area contributed by atoms with Crippen LogP contribution in [0.4, 0.5) is 0 Å². The first-order valence-electron chi connectivity index (χ1n) is 9.07. The van der Waals surface area contributed by atoms with Crippen molar-refractivity contribution in [2.45, 2.75) is 45.8 Å². The van der Waals surface area contributed by atoms with Gasteiger partial charge >= 0.3 is 0 Å². The summed E-state index contributed by atoms with van der Waals surface area (Å²) in [5.74, 6) is 0. The van der Waals surface area contributed by atoms with Gasteiger partial charge in [0.25, 0.3) is 0 Å². The highest BCUT2D eigenvalue weighted by Crippen LogP contribution is 2.25. The zero-order valence-electron chi connectivity index (χ0n) is 15.2. The molecule has 1 heterocycles. The summed E-state index contributed by atoms with van der Waals surface area (Å²) < 4.78 is 0. The monoisotopic (exact) mass is 322 g/mol. The van der Waals surface area contributed by atoms with Crippen LogP contribution in [0, 0.1) is 5.41 Å². The first-order chi connectivity index (χ1) is 11.5. The van der Waals surface area contributed by atoms with Gasteiger partial charge in [-0.2, -0.15) is 0 Å². The molecular formula is C22H30N2. The Bertz CT molecular complexity index is 615. The van der Waals surface area contributed by atoms with Gasteiger partial charge in [-0.1, -0.05) is 81.4 Å². The topological polar surface area (TPSA) is 15.3 Å². The van der Waals surface area contributed by atoms with Gasteiger partial charge in [0.2, 0.25) is 0 Å². The molecule has 0 bridgehead atoms. The number of hydrogen-bond acceptors (Lipinski definition) is 2. The molecule has 2 aromatic carbocycles. The van der Waals surface area contributed by atoms with Gasteiger partial charge in [0.1, 0.15) is 0 Å². The van der Waals surface area contributed by atoms with Gasteiger partial charge < -0.3 is 5.32 Å². The maximum Gasteiger partial charge on any atom is 0.0265 e. The molecular weight excluding hydrogens is 292 g/mol. The SMILES string of the molecule is CC(C)(C)C1CN(Cc2ccccc2)C(Cc2ccccc2)CN1. The molecule has 2 heteroatoms. The van der Waals surface area contributed by atoms with Crippen LogP contribution >= 0.6 is 0 Å². The Morgan fingerprint density at radius 2 is 1.50 bits per heavy atom. The lowest BCUT2D eigenvalue weighted by Gasteiger charge is -2.45. The molecule has 0 aromatic heterocycles. The average Bonchev–Trinajstić information content (AvgIpc) is 2.57. The van der Waals surface area contributed by atoms with Crippen LogP contribution in [0.15, 0.2) is 60.7 Å². The number of benzene rings is 2. The molecule has 1 aliphatic heterocycles. The number of hydrogen-bond donors (Lipinski definition) is 1. The predicted octanol–water partition coefficient (Wildman–Crippen LogP) is 4.12. The van der Waals surface area contributed by atoms with Crippen LogP contribution in [-0.4, -0.2) is 30.1 Å². The highest BCUT2D eigenvalue weighted by molar-refractivity contribution is 5.18. The molecule has 2 atom stereocenters. The first kappa shape index (κ1) is 17.2. The molecule has 24 heavy (non-hydrogen) atoms. The van der Waals surface area contributed by atoms with E-state index < -0.39 is 0 Å². The number of nitrogens with one attached hydrogen (secondary N) is 1. The molecule has 1 saturated heterocycles. The highest BCUT2D eigenvalue weighted by Gasteiger charge is 2.33. The van der Waals surface area contributed by atoms with E-state index in [1.807, 2.05) is 0 Å². The maximum atomic E-state index is 3.80. The molecule has 3 rings (SSSR count). The molecule has 1 fully saturated rings. The van der Waals surface area contributed by atoms with E-state index in [9.17, 15) is 0 Å². The van der Waals surface area contributed by atoms with Crippen molar-refractivity contribution in [2.75, 3.05) is 13.1 Å². The van der Waals surface area contributed by atoms with Crippen LogP contribution in [0.5, 0.6) is 0 Å². The van der Waals surface area contributed by atoms with E-state index in [1.165, 1.54) is 11.1 Å². The van der Waals surface area contributed by atoms with Crippen molar-refractivity contribution < 1.29 is 0 Å². The molecule has 0 aliphatic carbocycles. The predicted molar refractivity (Wildman–Crippen MR) is 102 cm³/mol. The Morgan fingerprint density at radius 1 is 0.917 bits per heavy atom. The van der Waals surface area contributed by atoms with Crippen molar-refractivity contribution in [2.24, 2.45) is 5.41 Å². The molecule has 0 radical (unpaired) electrons. The van der Waals surface area contributed by atoms with Crippen molar-refractivity contribution in [3.05, 3.63) is 71.8 Å². The van der Waals surface area contributed by atoms with Gasteiger partial charge in [0, 0.05) is 31.7 Å². The normalized spacial score (nSPS) is 22.5. The summed E-state index contributed by atoms with van der Waals surface area (Å²) in [7, 11) is 0. The van der Waals surface area contributed by atoms with E-state index in [4.69, 9.17) is 0 Å². The zero-order valence-corrected chi connectivity index (χ0v) is 15.2. The van der Waals surface area contributed by atoms with Gasteiger partial charge in [0.05, 0.1) is 0 Å². The van der Waals surface area contributed by atoms with E-state index in [0.717, 1.165) is 26.1 Å². The lowest BCUT2D eigenvalue weighted by atomic mass is 9.84. The third kappa shape index (κ3) is 4.46. The standard InChI is InChI=1S/C22H30N2/c1-22(2,3)21-17-24(16-19-12-8-5-9-13-19)20(15-23-21)14-18-10-6-4-7-11-18/h4-13,20-21,23H,14-17H2,1-3H3. The highest BCUT2D eigenvalue weighted by atomic mass is 15.2. The minimum Gasteiger partial charge on any atom is -0.311 e. The van der Waals surface area contributed by atoms with Crippen LogP contribution in [0.1, 0.15) is 31.9 Å². The molecule has 0 spiro atoms. The fourth-order valence-corrected chi connectivity index (χ4v) is 3.53. The average molecular weight is 322 g/mol. The van der Waals surface area contributed by atoms with E-state index >= 15 is 0 Å². The molecule has 1 aliphatic rings. The molecule has 2 unspecified atom stereocenters. The third-order valence-electron chi connectivity index (χ3n) is 5.12. The lowest BCUT2D eigenvalue weighted by molar-refractivity contribution is 0.0794. The van der Waals surface area contributed by atoms with Crippen molar-refractivity contribution in [3.63, 3.8) is 0 Å². The summed E-state index contributed by atoms with van der Waals surface area (Å²) >= 11 is 0. The van der Waals surface area contributed by atoms with Crippen LogP contribution in [0.3, 0.4) is 0 Å². The van der Waals surface area contributed by atoms with E-state index in [2.05, 4.69) is 91.7 Å². The molecule has 0 saturated carbocycles. The second-order valence-electron chi connectivity index (χ2n) is 8.09. The van der Waals surface area contributed by atoms with Crippen molar-refractivity contribution in [3.8, 4) is 0 Å². The Balaban J connectivity index is 1.75. The van der Waals surface area contributed by atoms with Gasteiger partial charge in [-0.05, 0) is 23.0 Å². The Labute approximate surface area is 146 Å². The first-order valence-corrected chi connectivity index (χ1v) is 9.07. The molecule has 128 valence electrons. The number of piperazine rings is 1. The van der Waals surface area contributed by atoms with Crippen molar-refractivity contribution in [1.82, 2.24) is 10.2 Å². The Hall–Kier alpha value is -1.64. The maximum absolute atomic E-state index is 3.80. The van der Waals surface area contributed by atoms with Gasteiger partial charge in [-0.15, -0.1) is 0 Å². The van der Waals surface area contributed by atoms with Gasteiger partial charge in [0.15, 0.2) is 0 Å². The lowest BCUT2D eigenvalue weighted by Crippen LogP contribution is -2.60. The summed E-state index contributed by atoms with van der Waals surface area (Å²) in [5, 5.41) is 3.80. The van der Waals surface area contributed by atoms with Crippen molar-refractivity contribution in [1.29, 1.82) is 0 Å². The molecule has 2 aromatic rings. The van der Waals surface area contributed by atoms with Crippen LogP contribution in [0.2, 0.25) is 0 Å². The minimum absolute atomic E-state index is 0.284. The van der Waals surface area contributed by atoms with Crippen LogP contribution in [0.25, 0.3) is 0 Å². The second-order valence-corrected chi connectivity index (χ2v) is 8.09. The van der Waals surface area contributed by atoms with Crippen LogP contribution in [-0.2, 0) is 13.0 Å². The fourth-order valence-electron chi connectivity index (χ4n) is 3.53. The second kappa shape index (κ2) is 7.50. The van der Waals surface area contributed by atoms with E-state index in [1.54, 1.807) is 0 Å². The Morgan fingerprint density at radius 3 is 2.08 bits per heavy atom. The zero-order chi connectivity index (χ0) is 17.0. The summed E-state index contributed by atoms with van der Waals surface area (Å²) in [5.41, 5.74) is 3.12. The van der Waals surface area contributed by atoms with Crippen molar-refractivity contribution >= 4 is 0 Å². The summed E-state index contributed by atoms with van der Waals surface area (Å²) in [6, 6.07) is 22.8. The summed E-state index contributed by atoms with van der Waals surface area (Å²) in [6.07, 6.45) is 1.11. The van der Waals surface area contributed by atoms with E-state index in [-0.39, 0.29) is 5.41 Å². The smallest absolute Gasteiger partial charge is 0.0265 e. The fraction of sp³-hybridized carbons (Fsp3) is 0.455. The minimum atomic E-state index is 0.284. The molecule has 1 N–H and O–H groups in total. The van der Waals surface area contributed by atoms with E-state index in [0.29, 0.717) is 12.1 Å². The van der Waals surface area contributed by atoms with Gasteiger partial charge in [-0.25, -0.2) is 0 Å².